The van der Waals surface area contributed by atoms with Crippen LogP contribution in [0.5, 0.6) is 0 Å². The van der Waals surface area contributed by atoms with E-state index in [0.29, 0.717) is 12.1 Å². The van der Waals surface area contributed by atoms with Gasteiger partial charge in [-0.2, -0.15) is 0 Å². The number of ether oxygens (including phenoxy) is 1. The normalized spacial score (nSPS) is 22.6. The molecule has 2 heterocycles. The van der Waals surface area contributed by atoms with Crippen LogP contribution < -0.4 is 5.32 Å². The lowest BCUT2D eigenvalue weighted by molar-refractivity contribution is 0.00791. The molecule has 0 bridgehead atoms. The Kier molecular flexibility index (Phi) is 5.78. The molecule has 1 aliphatic heterocycles. The molecule has 2 aliphatic carbocycles. The highest BCUT2D eigenvalue weighted by molar-refractivity contribution is 6.30. The standard InChI is InChI=1S/C27H29ClN4O/c28-21-3-1-2-18(14-21)19-4-5-20-16-25-26(24(20)15-19)27(30-17-29-25)31-22-6-8-23(9-7-22)32-10-12-33-13-11-32/h1-5,14-15,17,22-23H,6-13,16H2,(H,29,30,31). The summed E-state index contributed by atoms with van der Waals surface area (Å²) in [6, 6.07) is 15.9. The zero-order valence-corrected chi connectivity index (χ0v) is 19.5. The van der Waals surface area contributed by atoms with Crippen LogP contribution >= 0.6 is 11.6 Å². The Morgan fingerprint density at radius 2 is 1.76 bits per heavy atom. The van der Waals surface area contributed by atoms with Crippen molar-refractivity contribution in [3.63, 3.8) is 0 Å². The van der Waals surface area contributed by atoms with E-state index in [1.807, 2.05) is 18.2 Å². The number of hydrogen-bond acceptors (Lipinski definition) is 5. The van der Waals surface area contributed by atoms with Crippen LogP contribution in [0.15, 0.2) is 48.8 Å². The van der Waals surface area contributed by atoms with Crippen molar-refractivity contribution < 1.29 is 4.74 Å². The van der Waals surface area contributed by atoms with E-state index in [2.05, 4.69) is 39.5 Å². The minimum atomic E-state index is 0.460. The zero-order valence-electron chi connectivity index (χ0n) is 18.8. The maximum atomic E-state index is 6.25. The number of rotatable bonds is 4. The van der Waals surface area contributed by atoms with Crippen LogP contribution in [0.1, 0.15) is 36.9 Å². The van der Waals surface area contributed by atoms with Crippen LogP contribution in [0.25, 0.3) is 22.3 Å². The van der Waals surface area contributed by atoms with Gasteiger partial charge in [-0.15, -0.1) is 0 Å². The molecule has 2 fully saturated rings. The molecule has 170 valence electrons. The third-order valence-corrected chi connectivity index (χ3v) is 7.66. The summed E-state index contributed by atoms with van der Waals surface area (Å²) in [7, 11) is 0. The Bertz CT molecular complexity index is 1150. The molecule has 3 aliphatic rings. The largest absolute Gasteiger partial charge is 0.379 e. The van der Waals surface area contributed by atoms with Crippen LogP contribution in [0, 0.1) is 0 Å². The molecule has 3 aromatic rings. The smallest absolute Gasteiger partial charge is 0.137 e. The average molecular weight is 461 g/mol. The molecular weight excluding hydrogens is 432 g/mol. The van der Waals surface area contributed by atoms with Crippen molar-refractivity contribution in [3.8, 4) is 22.3 Å². The Morgan fingerprint density at radius 1 is 0.939 bits per heavy atom. The van der Waals surface area contributed by atoms with Crippen molar-refractivity contribution in [1.29, 1.82) is 0 Å². The maximum absolute atomic E-state index is 6.25. The van der Waals surface area contributed by atoms with E-state index in [-0.39, 0.29) is 0 Å². The first kappa shape index (κ1) is 21.1. The van der Waals surface area contributed by atoms with Crippen LogP contribution in [-0.4, -0.2) is 53.3 Å². The highest BCUT2D eigenvalue weighted by Gasteiger charge is 2.29. The molecule has 1 aromatic heterocycles. The van der Waals surface area contributed by atoms with Crippen molar-refractivity contribution in [2.45, 2.75) is 44.2 Å². The third-order valence-electron chi connectivity index (χ3n) is 7.42. The van der Waals surface area contributed by atoms with Gasteiger partial charge in [0.2, 0.25) is 0 Å². The predicted octanol–water partition coefficient (Wildman–Crippen LogP) is 5.42. The lowest BCUT2D eigenvalue weighted by Gasteiger charge is -2.39. The molecule has 1 N–H and O–H groups in total. The second-order valence-electron chi connectivity index (χ2n) is 9.40. The SMILES string of the molecule is Clc1cccc(-c2ccc3c(c2)-c2c(ncnc2NC2CCC(N4CCOCC4)CC2)C3)c1. The minimum absolute atomic E-state index is 0.460. The van der Waals surface area contributed by atoms with E-state index in [1.165, 1.54) is 47.9 Å². The van der Waals surface area contributed by atoms with Crippen molar-refractivity contribution in [2.24, 2.45) is 0 Å². The number of fused-ring (bicyclic) bond motifs is 3. The average Bonchev–Trinajstić information content (AvgIpc) is 3.24. The highest BCUT2D eigenvalue weighted by atomic mass is 35.5. The third kappa shape index (κ3) is 4.25. The van der Waals surface area contributed by atoms with Gasteiger partial charge in [0.1, 0.15) is 12.1 Å². The fourth-order valence-corrected chi connectivity index (χ4v) is 5.85. The molecule has 6 rings (SSSR count). The van der Waals surface area contributed by atoms with Crippen molar-refractivity contribution in [3.05, 3.63) is 65.1 Å². The number of aromatic nitrogens is 2. The van der Waals surface area contributed by atoms with Gasteiger partial charge < -0.3 is 10.1 Å². The number of anilines is 1. The van der Waals surface area contributed by atoms with E-state index >= 15 is 0 Å². The van der Waals surface area contributed by atoms with E-state index in [1.54, 1.807) is 6.33 Å². The first-order valence-electron chi connectivity index (χ1n) is 12.1. The number of hydrogen-bond donors (Lipinski definition) is 1. The summed E-state index contributed by atoms with van der Waals surface area (Å²) in [5.41, 5.74) is 7.15. The van der Waals surface area contributed by atoms with Gasteiger partial charge in [0.15, 0.2) is 0 Å². The molecule has 0 spiro atoms. The van der Waals surface area contributed by atoms with Crippen LogP contribution in [0.3, 0.4) is 0 Å². The topological polar surface area (TPSA) is 50.3 Å². The Hall–Kier alpha value is -2.47. The number of nitrogens with one attached hydrogen (secondary N) is 1. The molecule has 6 heteroatoms. The Morgan fingerprint density at radius 3 is 2.58 bits per heavy atom. The first-order valence-corrected chi connectivity index (χ1v) is 12.4. The molecule has 0 unspecified atom stereocenters. The summed E-state index contributed by atoms with van der Waals surface area (Å²) in [5, 5.41) is 4.55. The predicted molar refractivity (Wildman–Crippen MR) is 133 cm³/mol. The molecule has 2 aromatic carbocycles. The van der Waals surface area contributed by atoms with Gasteiger partial charge in [-0.1, -0.05) is 35.9 Å². The Balaban J connectivity index is 1.22. The molecule has 0 amide bonds. The maximum Gasteiger partial charge on any atom is 0.137 e. The van der Waals surface area contributed by atoms with Gasteiger partial charge in [-0.3, -0.25) is 4.90 Å². The number of nitrogens with zero attached hydrogens (tertiary/aromatic N) is 3. The fraction of sp³-hybridized carbons (Fsp3) is 0.407. The Labute approximate surface area is 200 Å². The van der Waals surface area contributed by atoms with Gasteiger partial charge >= 0.3 is 0 Å². The van der Waals surface area contributed by atoms with Gasteiger partial charge in [-0.05, 0) is 66.1 Å². The lowest BCUT2D eigenvalue weighted by Crippen LogP contribution is -2.46. The number of benzene rings is 2. The van der Waals surface area contributed by atoms with E-state index in [9.17, 15) is 0 Å². The van der Waals surface area contributed by atoms with Crippen molar-refractivity contribution >= 4 is 17.4 Å². The van der Waals surface area contributed by atoms with Gasteiger partial charge in [0, 0.05) is 42.2 Å². The summed E-state index contributed by atoms with van der Waals surface area (Å²) in [6.45, 7) is 3.91. The highest BCUT2D eigenvalue weighted by Crippen LogP contribution is 2.42. The molecule has 0 atom stereocenters. The number of halogens is 1. The van der Waals surface area contributed by atoms with Crippen molar-refractivity contribution in [1.82, 2.24) is 14.9 Å². The quantitative estimate of drug-likeness (QED) is 0.440. The summed E-state index contributed by atoms with van der Waals surface area (Å²) >= 11 is 6.25. The summed E-state index contributed by atoms with van der Waals surface area (Å²) in [4.78, 5) is 11.9. The molecule has 1 saturated heterocycles. The summed E-state index contributed by atoms with van der Waals surface area (Å²) < 4.78 is 5.53. The summed E-state index contributed by atoms with van der Waals surface area (Å²) in [5.74, 6) is 0.983. The monoisotopic (exact) mass is 460 g/mol. The second-order valence-corrected chi connectivity index (χ2v) is 9.84. The van der Waals surface area contributed by atoms with E-state index in [0.717, 1.165) is 54.8 Å². The van der Waals surface area contributed by atoms with Crippen LogP contribution in [0.4, 0.5) is 5.82 Å². The molecular formula is C27H29ClN4O. The van der Waals surface area contributed by atoms with Gasteiger partial charge in [-0.25, -0.2) is 9.97 Å². The van der Waals surface area contributed by atoms with Gasteiger partial charge in [0.05, 0.1) is 18.9 Å². The fourth-order valence-electron chi connectivity index (χ4n) is 5.66. The minimum Gasteiger partial charge on any atom is -0.379 e. The zero-order chi connectivity index (χ0) is 22.2. The van der Waals surface area contributed by atoms with E-state index in [4.69, 9.17) is 21.3 Å². The lowest BCUT2D eigenvalue weighted by atomic mass is 9.89. The number of morpholine rings is 1. The second kappa shape index (κ2) is 9.05. The van der Waals surface area contributed by atoms with Gasteiger partial charge in [0.25, 0.3) is 0 Å². The first-order chi connectivity index (χ1) is 16.2. The molecule has 0 radical (unpaired) electrons. The van der Waals surface area contributed by atoms with Crippen LogP contribution in [-0.2, 0) is 11.2 Å². The molecule has 5 nitrogen and oxygen atoms in total. The van der Waals surface area contributed by atoms with Crippen LogP contribution in [0.2, 0.25) is 5.02 Å². The van der Waals surface area contributed by atoms with Crippen molar-refractivity contribution in [2.75, 3.05) is 31.6 Å². The van der Waals surface area contributed by atoms with E-state index < -0.39 is 0 Å². The molecule has 1 saturated carbocycles. The molecule has 33 heavy (non-hydrogen) atoms. The summed E-state index contributed by atoms with van der Waals surface area (Å²) in [6.07, 6.45) is 7.40.